The Balaban J connectivity index is 1.26. The predicted octanol–water partition coefficient (Wildman–Crippen LogP) is 3.44. The normalized spacial score (nSPS) is 18.1. The molecule has 1 fully saturated rings. The van der Waals surface area contributed by atoms with Crippen molar-refractivity contribution >= 4 is 34.4 Å². The molecular weight excluding hydrogens is 440 g/mol. The van der Waals surface area contributed by atoms with Crippen molar-refractivity contribution in [3.05, 3.63) is 54.5 Å². The van der Waals surface area contributed by atoms with Crippen molar-refractivity contribution in [1.82, 2.24) is 24.5 Å². The number of rotatable bonds is 4. The van der Waals surface area contributed by atoms with E-state index >= 15 is 0 Å². The standard InChI is InChI=1S/C26H28N8O/c1-32(2)20-9-8-17(14-27-20)23-31-22-24(33(23)3)28-15-29-25(22)34-12-10-16(11-13-34)21-18-6-4-5-7-19(18)30-26(21)35/h4-9,14-16,21H,10-13H2,1-3H3,(H,30,35). The number of amides is 1. The van der Waals surface area contributed by atoms with E-state index in [1.54, 1.807) is 6.33 Å². The van der Waals surface area contributed by atoms with Crippen LogP contribution in [0.25, 0.3) is 22.6 Å². The van der Waals surface area contributed by atoms with Gasteiger partial charge in [-0.1, -0.05) is 18.2 Å². The summed E-state index contributed by atoms with van der Waals surface area (Å²) in [5.74, 6) is 2.93. The molecule has 6 rings (SSSR count). The summed E-state index contributed by atoms with van der Waals surface area (Å²) in [4.78, 5) is 35.6. The molecule has 35 heavy (non-hydrogen) atoms. The molecule has 0 spiro atoms. The number of hydrogen-bond donors (Lipinski definition) is 1. The molecule has 0 aliphatic carbocycles. The van der Waals surface area contributed by atoms with E-state index in [9.17, 15) is 4.79 Å². The van der Waals surface area contributed by atoms with Gasteiger partial charge in [-0.05, 0) is 42.5 Å². The Bertz CT molecular complexity index is 1400. The first-order valence-electron chi connectivity index (χ1n) is 12.0. The van der Waals surface area contributed by atoms with Gasteiger partial charge in [0.25, 0.3) is 0 Å². The predicted molar refractivity (Wildman–Crippen MR) is 137 cm³/mol. The number of carbonyl (C=O) groups is 1. The van der Waals surface area contributed by atoms with Gasteiger partial charge in [-0.25, -0.2) is 19.9 Å². The van der Waals surface area contributed by atoms with E-state index in [1.165, 1.54) is 0 Å². The fourth-order valence-electron chi connectivity index (χ4n) is 5.41. The van der Waals surface area contributed by atoms with Crippen LogP contribution < -0.4 is 15.1 Å². The molecule has 4 aromatic rings. The first kappa shape index (κ1) is 21.5. The molecule has 3 aromatic heterocycles. The average molecular weight is 469 g/mol. The highest BCUT2D eigenvalue weighted by molar-refractivity contribution is 6.03. The van der Waals surface area contributed by atoms with Gasteiger partial charge in [0.2, 0.25) is 5.91 Å². The number of piperidine rings is 1. The average Bonchev–Trinajstić information content (AvgIpc) is 3.40. The number of aryl methyl sites for hydroxylation is 1. The topological polar surface area (TPSA) is 92.1 Å². The monoisotopic (exact) mass is 468 g/mol. The maximum Gasteiger partial charge on any atom is 0.232 e. The van der Waals surface area contributed by atoms with Crippen molar-refractivity contribution in [2.75, 3.05) is 42.3 Å². The minimum absolute atomic E-state index is 0.0714. The van der Waals surface area contributed by atoms with Crippen LogP contribution in [0.3, 0.4) is 0 Å². The van der Waals surface area contributed by atoms with Crippen LogP contribution >= 0.6 is 0 Å². The summed E-state index contributed by atoms with van der Waals surface area (Å²) in [7, 11) is 5.92. The number of fused-ring (bicyclic) bond motifs is 2. The maximum absolute atomic E-state index is 12.7. The maximum atomic E-state index is 12.7. The van der Waals surface area contributed by atoms with Crippen molar-refractivity contribution in [3.63, 3.8) is 0 Å². The zero-order chi connectivity index (χ0) is 24.1. The van der Waals surface area contributed by atoms with E-state index in [-0.39, 0.29) is 11.8 Å². The zero-order valence-electron chi connectivity index (χ0n) is 20.1. The molecule has 9 nitrogen and oxygen atoms in total. The second kappa shape index (κ2) is 8.33. The number of hydrogen-bond acceptors (Lipinski definition) is 7. The van der Waals surface area contributed by atoms with Crippen molar-refractivity contribution in [2.24, 2.45) is 13.0 Å². The molecule has 2 aliphatic heterocycles. The van der Waals surface area contributed by atoms with E-state index < -0.39 is 0 Å². The molecule has 1 atom stereocenters. The van der Waals surface area contributed by atoms with Gasteiger partial charge in [0.15, 0.2) is 17.0 Å². The smallest absolute Gasteiger partial charge is 0.232 e. The van der Waals surface area contributed by atoms with Gasteiger partial charge >= 0.3 is 0 Å². The Morgan fingerprint density at radius 1 is 1.03 bits per heavy atom. The van der Waals surface area contributed by atoms with Crippen molar-refractivity contribution in [3.8, 4) is 11.4 Å². The van der Waals surface area contributed by atoms with E-state index in [4.69, 9.17) is 4.98 Å². The van der Waals surface area contributed by atoms with Crippen LogP contribution in [-0.4, -0.2) is 57.6 Å². The fourth-order valence-corrected chi connectivity index (χ4v) is 5.41. The lowest BCUT2D eigenvalue weighted by Crippen LogP contribution is -2.37. The largest absolute Gasteiger partial charge is 0.363 e. The molecule has 1 amide bonds. The van der Waals surface area contributed by atoms with Gasteiger partial charge in [0, 0.05) is 51.7 Å². The second-order valence-electron chi connectivity index (χ2n) is 9.54. The highest BCUT2D eigenvalue weighted by atomic mass is 16.2. The van der Waals surface area contributed by atoms with Crippen LogP contribution in [0.1, 0.15) is 24.3 Å². The van der Waals surface area contributed by atoms with Crippen LogP contribution in [0.15, 0.2) is 48.9 Å². The molecule has 1 unspecified atom stereocenters. The molecule has 0 bridgehead atoms. The lowest BCUT2D eigenvalue weighted by atomic mass is 9.81. The Hall–Kier alpha value is -4.01. The number of nitrogens with zero attached hydrogens (tertiary/aromatic N) is 7. The number of imidazole rings is 1. The van der Waals surface area contributed by atoms with Gasteiger partial charge < -0.3 is 19.7 Å². The summed E-state index contributed by atoms with van der Waals surface area (Å²) in [6.07, 6.45) is 5.31. The van der Waals surface area contributed by atoms with Crippen LogP contribution in [0.2, 0.25) is 0 Å². The molecule has 9 heteroatoms. The molecule has 2 aliphatic rings. The zero-order valence-corrected chi connectivity index (χ0v) is 20.1. The number of benzene rings is 1. The number of carbonyl (C=O) groups excluding carboxylic acids is 1. The molecule has 178 valence electrons. The van der Waals surface area contributed by atoms with E-state index in [2.05, 4.69) is 31.2 Å². The van der Waals surface area contributed by atoms with E-state index in [0.717, 1.165) is 71.4 Å². The van der Waals surface area contributed by atoms with E-state index in [1.807, 2.05) is 67.1 Å². The minimum Gasteiger partial charge on any atom is -0.363 e. The Morgan fingerprint density at radius 2 is 1.83 bits per heavy atom. The molecular formula is C26H28N8O. The number of nitrogens with one attached hydrogen (secondary N) is 1. The summed E-state index contributed by atoms with van der Waals surface area (Å²) in [6.45, 7) is 1.65. The summed E-state index contributed by atoms with van der Waals surface area (Å²) in [5, 5.41) is 3.05. The van der Waals surface area contributed by atoms with Crippen molar-refractivity contribution in [1.29, 1.82) is 0 Å². The third-order valence-electron chi connectivity index (χ3n) is 7.25. The molecule has 0 saturated carbocycles. The molecule has 0 radical (unpaired) electrons. The molecule has 1 N–H and O–H groups in total. The first-order chi connectivity index (χ1) is 17.0. The molecule has 5 heterocycles. The molecule has 1 aromatic carbocycles. The molecule has 1 saturated heterocycles. The summed E-state index contributed by atoms with van der Waals surface area (Å²) in [6, 6.07) is 12.1. The SMILES string of the molecule is CN(C)c1ccc(-c2nc3c(N4CCC(C5C(=O)Nc6ccccc65)CC4)ncnc3n2C)cn1. The van der Waals surface area contributed by atoms with Crippen molar-refractivity contribution in [2.45, 2.75) is 18.8 Å². The highest BCUT2D eigenvalue weighted by Gasteiger charge is 2.38. The minimum atomic E-state index is -0.0714. The summed E-state index contributed by atoms with van der Waals surface area (Å²) >= 11 is 0. The summed E-state index contributed by atoms with van der Waals surface area (Å²) < 4.78 is 2.00. The van der Waals surface area contributed by atoms with Gasteiger partial charge in [-0.3, -0.25) is 4.79 Å². The van der Waals surface area contributed by atoms with Gasteiger partial charge in [-0.15, -0.1) is 0 Å². The Morgan fingerprint density at radius 3 is 2.57 bits per heavy atom. The number of aromatic nitrogens is 5. The summed E-state index contributed by atoms with van der Waals surface area (Å²) in [5.41, 5.74) is 4.61. The van der Waals surface area contributed by atoms with Gasteiger partial charge in [-0.2, -0.15) is 0 Å². The quantitative estimate of drug-likeness (QED) is 0.490. The Kier molecular flexibility index (Phi) is 5.12. The third-order valence-corrected chi connectivity index (χ3v) is 7.25. The lowest BCUT2D eigenvalue weighted by molar-refractivity contribution is -0.118. The van der Waals surface area contributed by atoms with Crippen LogP contribution in [0.5, 0.6) is 0 Å². The van der Waals surface area contributed by atoms with Crippen LogP contribution in [0.4, 0.5) is 17.3 Å². The third kappa shape index (κ3) is 3.58. The van der Waals surface area contributed by atoms with Crippen LogP contribution in [-0.2, 0) is 11.8 Å². The number of para-hydroxylation sites is 1. The Labute approximate surface area is 203 Å². The second-order valence-corrected chi connectivity index (χ2v) is 9.54. The van der Waals surface area contributed by atoms with Crippen LogP contribution in [0, 0.1) is 5.92 Å². The van der Waals surface area contributed by atoms with Gasteiger partial charge in [0.05, 0.1) is 5.92 Å². The fraction of sp³-hybridized carbons (Fsp3) is 0.346. The first-order valence-corrected chi connectivity index (χ1v) is 12.0. The lowest BCUT2D eigenvalue weighted by Gasteiger charge is -2.34. The van der Waals surface area contributed by atoms with Crippen molar-refractivity contribution < 1.29 is 4.79 Å². The highest BCUT2D eigenvalue weighted by Crippen LogP contribution is 2.42. The van der Waals surface area contributed by atoms with E-state index in [0.29, 0.717) is 5.92 Å². The number of pyridine rings is 1. The number of anilines is 3. The van der Waals surface area contributed by atoms with Gasteiger partial charge in [0.1, 0.15) is 18.0 Å².